The lowest BCUT2D eigenvalue weighted by molar-refractivity contribution is -0.122. The number of amides is 1. The van der Waals surface area contributed by atoms with E-state index in [9.17, 15) is 9.59 Å². The number of hydrogen-bond donors (Lipinski definition) is 1. The Morgan fingerprint density at radius 3 is 2.59 bits per heavy atom. The quantitative estimate of drug-likeness (QED) is 0.645. The molecule has 0 spiro atoms. The lowest BCUT2D eigenvalue weighted by atomic mass is 10.0. The summed E-state index contributed by atoms with van der Waals surface area (Å²) in [5.74, 6) is -2.44. The maximum Gasteiger partial charge on any atom is 0.245 e. The van der Waals surface area contributed by atoms with Crippen LogP contribution in [0.2, 0.25) is 0 Å². The Morgan fingerprint density at radius 1 is 1.53 bits per heavy atom. The Morgan fingerprint density at radius 2 is 2.18 bits per heavy atom. The first-order valence-corrected chi connectivity index (χ1v) is 6.00. The zero-order valence-electron chi connectivity index (χ0n) is 9.85. The Balaban J connectivity index is 2.85. The molecule has 0 fully saturated rings. The van der Waals surface area contributed by atoms with E-state index in [0.29, 0.717) is 0 Å². The number of rotatable bonds is 4. The molecule has 0 unspecified atom stereocenters. The minimum absolute atomic E-state index is 0.108. The van der Waals surface area contributed by atoms with E-state index in [1.54, 1.807) is 32.2 Å². The number of nitrogens with zero attached hydrogens (tertiary/aromatic N) is 2. The number of nitrogens with one attached hydrogen (secondary N) is 1. The smallest absolute Gasteiger partial charge is 0.245 e. The van der Waals surface area contributed by atoms with Gasteiger partial charge in [-0.15, -0.1) is 11.3 Å². The molecule has 0 aromatic carbocycles. The van der Waals surface area contributed by atoms with Crippen LogP contribution < -0.4 is 5.32 Å². The van der Waals surface area contributed by atoms with Crippen LogP contribution in [0.1, 0.15) is 29.3 Å². The van der Waals surface area contributed by atoms with Crippen LogP contribution in [0, 0.1) is 24.2 Å². The van der Waals surface area contributed by atoms with E-state index in [-0.39, 0.29) is 11.7 Å². The van der Waals surface area contributed by atoms with Crippen molar-refractivity contribution in [3.63, 3.8) is 0 Å². The fourth-order valence-corrected chi connectivity index (χ4v) is 1.83. The predicted octanol–water partition coefficient (Wildman–Crippen LogP) is 1.30. The second-order valence-electron chi connectivity index (χ2n) is 3.84. The monoisotopic (exact) mass is 251 g/mol. The summed E-state index contributed by atoms with van der Waals surface area (Å²) < 4.78 is 0. The second-order valence-corrected chi connectivity index (χ2v) is 4.90. The van der Waals surface area contributed by atoms with Gasteiger partial charge in [0.25, 0.3) is 0 Å². The number of hydrogen-bond acceptors (Lipinski definition) is 5. The van der Waals surface area contributed by atoms with Gasteiger partial charge in [0.1, 0.15) is 5.69 Å². The van der Waals surface area contributed by atoms with Crippen LogP contribution >= 0.6 is 11.3 Å². The van der Waals surface area contributed by atoms with Crippen molar-refractivity contribution in [2.24, 2.45) is 5.92 Å². The lowest BCUT2D eigenvalue weighted by Gasteiger charge is -2.10. The highest BCUT2D eigenvalue weighted by Gasteiger charge is 2.29. The van der Waals surface area contributed by atoms with Crippen molar-refractivity contribution in [3.8, 4) is 6.07 Å². The summed E-state index contributed by atoms with van der Waals surface area (Å²) in [4.78, 5) is 27.5. The van der Waals surface area contributed by atoms with Gasteiger partial charge in [0, 0.05) is 11.4 Å². The van der Waals surface area contributed by atoms with E-state index in [1.165, 1.54) is 11.3 Å². The first-order chi connectivity index (χ1) is 7.95. The van der Waals surface area contributed by atoms with Gasteiger partial charge in [-0.25, -0.2) is 4.98 Å². The van der Waals surface area contributed by atoms with Gasteiger partial charge in [0.15, 0.2) is 5.92 Å². The molecule has 6 heteroatoms. The van der Waals surface area contributed by atoms with Crippen LogP contribution in [0.3, 0.4) is 0 Å². The molecule has 1 atom stereocenters. The van der Waals surface area contributed by atoms with E-state index in [2.05, 4.69) is 10.3 Å². The third-order valence-corrected chi connectivity index (χ3v) is 2.73. The summed E-state index contributed by atoms with van der Waals surface area (Å²) in [6, 6.07) is 1.61. The standard InChI is InChI=1S/C11H13N3O2S/c1-6(2)13-11(16)8(4-12)10(15)9-5-17-7(3)14-9/h5-6,8H,1-3H3,(H,13,16)/t8-/m1/s1. The predicted molar refractivity (Wildman–Crippen MR) is 63.6 cm³/mol. The zero-order valence-corrected chi connectivity index (χ0v) is 10.7. The molecule has 90 valence electrons. The molecule has 0 aliphatic carbocycles. The van der Waals surface area contributed by atoms with Crippen molar-refractivity contribution in [2.45, 2.75) is 26.8 Å². The van der Waals surface area contributed by atoms with E-state index in [1.807, 2.05) is 0 Å². The molecule has 1 amide bonds. The number of carbonyl (C=O) groups excluding carboxylic acids is 2. The highest BCUT2D eigenvalue weighted by Crippen LogP contribution is 2.13. The van der Waals surface area contributed by atoms with Crippen molar-refractivity contribution < 1.29 is 9.59 Å². The molecule has 1 heterocycles. The van der Waals surface area contributed by atoms with Crippen molar-refractivity contribution in [1.82, 2.24) is 10.3 Å². The van der Waals surface area contributed by atoms with Crippen LogP contribution in [-0.2, 0) is 4.79 Å². The minimum atomic E-state index is -1.32. The fraction of sp³-hybridized carbons (Fsp3) is 0.455. The molecule has 0 aliphatic rings. The minimum Gasteiger partial charge on any atom is -0.352 e. The molecule has 0 aliphatic heterocycles. The molecule has 1 aromatic heterocycles. The Hall–Kier alpha value is -1.74. The summed E-state index contributed by atoms with van der Waals surface area (Å²) in [7, 11) is 0. The number of carbonyl (C=O) groups is 2. The number of aromatic nitrogens is 1. The van der Waals surface area contributed by atoms with E-state index < -0.39 is 17.6 Å². The van der Waals surface area contributed by atoms with Crippen LogP contribution in [0.4, 0.5) is 0 Å². The molecule has 0 saturated heterocycles. The van der Waals surface area contributed by atoms with Gasteiger partial charge >= 0.3 is 0 Å². The first kappa shape index (κ1) is 13.3. The summed E-state index contributed by atoms with van der Waals surface area (Å²) in [6.07, 6.45) is 0. The summed E-state index contributed by atoms with van der Waals surface area (Å²) in [5, 5.41) is 13.7. The van der Waals surface area contributed by atoms with Crippen LogP contribution in [0.5, 0.6) is 0 Å². The molecule has 1 aromatic rings. The molecule has 0 saturated carbocycles. The van der Waals surface area contributed by atoms with Crippen LogP contribution in [-0.4, -0.2) is 22.7 Å². The molecule has 5 nitrogen and oxygen atoms in total. The van der Waals surface area contributed by atoms with Gasteiger partial charge in [-0.1, -0.05) is 0 Å². The van der Waals surface area contributed by atoms with Crippen LogP contribution in [0.15, 0.2) is 5.38 Å². The molecule has 17 heavy (non-hydrogen) atoms. The second kappa shape index (κ2) is 5.55. The molecule has 0 bridgehead atoms. The van der Waals surface area contributed by atoms with Gasteiger partial charge in [-0.05, 0) is 20.8 Å². The van der Waals surface area contributed by atoms with E-state index >= 15 is 0 Å². The highest BCUT2D eigenvalue weighted by atomic mass is 32.1. The molecular formula is C11H13N3O2S. The normalized spacial score (nSPS) is 11.9. The number of ketones is 1. The Labute approximate surface area is 103 Å². The Kier molecular flexibility index (Phi) is 4.35. The van der Waals surface area contributed by atoms with E-state index in [0.717, 1.165) is 5.01 Å². The number of nitriles is 1. The molecule has 1 N–H and O–H groups in total. The number of aryl methyl sites for hydroxylation is 1. The van der Waals surface area contributed by atoms with Gasteiger partial charge < -0.3 is 5.32 Å². The molecule has 1 rings (SSSR count). The largest absolute Gasteiger partial charge is 0.352 e. The lowest BCUT2D eigenvalue weighted by Crippen LogP contribution is -2.38. The topological polar surface area (TPSA) is 82.8 Å². The van der Waals surface area contributed by atoms with Crippen molar-refractivity contribution >= 4 is 23.0 Å². The van der Waals surface area contributed by atoms with Gasteiger partial charge in [-0.3, -0.25) is 9.59 Å². The maximum atomic E-state index is 11.9. The summed E-state index contributed by atoms with van der Waals surface area (Å²) in [5.41, 5.74) is 0.179. The van der Waals surface area contributed by atoms with Crippen LogP contribution in [0.25, 0.3) is 0 Å². The molecular weight excluding hydrogens is 238 g/mol. The fourth-order valence-electron chi connectivity index (χ4n) is 1.23. The zero-order chi connectivity index (χ0) is 13.0. The molecule has 0 radical (unpaired) electrons. The van der Waals surface area contributed by atoms with E-state index in [4.69, 9.17) is 5.26 Å². The number of Topliss-reactive ketones (excluding diaryl/α,β-unsaturated/α-hetero) is 1. The van der Waals surface area contributed by atoms with Gasteiger partial charge in [0.05, 0.1) is 11.1 Å². The number of thiazole rings is 1. The first-order valence-electron chi connectivity index (χ1n) is 5.12. The maximum absolute atomic E-state index is 11.9. The van der Waals surface area contributed by atoms with Crippen molar-refractivity contribution in [3.05, 3.63) is 16.1 Å². The Bertz CT molecular complexity index is 473. The van der Waals surface area contributed by atoms with Gasteiger partial charge in [-0.2, -0.15) is 5.26 Å². The summed E-state index contributed by atoms with van der Waals surface area (Å²) in [6.45, 7) is 5.30. The SMILES string of the molecule is Cc1nc(C(=O)[C@@H](C#N)C(=O)NC(C)C)cs1. The third-order valence-electron chi connectivity index (χ3n) is 1.96. The third kappa shape index (κ3) is 3.36. The van der Waals surface area contributed by atoms with Gasteiger partial charge in [0.2, 0.25) is 11.7 Å². The average molecular weight is 251 g/mol. The average Bonchev–Trinajstić information content (AvgIpc) is 2.64. The summed E-state index contributed by atoms with van der Waals surface area (Å²) >= 11 is 1.31. The van der Waals surface area contributed by atoms with Crippen molar-refractivity contribution in [1.29, 1.82) is 5.26 Å². The highest BCUT2D eigenvalue weighted by molar-refractivity contribution is 7.09. The van der Waals surface area contributed by atoms with Crippen molar-refractivity contribution in [2.75, 3.05) is 0 Å².